The van der Waals surface area contributed by atoms with E-state index in [0.29, 0.717) is 17.8 Å². The Morgan fingerprint density at radius 1 is 1.50 bits per heavy atom. The molecule has 2 rings (SSSR count). The fourth-order valence-electron chi connectivity index (χ4n) is 1.18. The van der Waals surface area contributed by atoms with Crippen LogP contribution in [0.1, 0.15) is 0 Å². The standard InChI is InChI=1S/C8H7Cl2NO/c9-4-11-5-12-8-2-1-6(10)3-7(8)11/h1-3H,4-5H2. The summed E-state index contributed by atoms with van der Waals surface area (Å²) in [6.07, 6.45) is 0. The smallest absolute Gasteiger partial charge is 0.162 e. The van der Waals surface area contributed by atoms with E-state index in [2.05, 4.69) is 0 Å². The van der Waals surface area contributed by atoms with Crippen LogP contribution in [0.15, 0.2) is 18.2 Å². The minimum absolute atomic E-state index is 0.424. The van der Waals surface area contributed by atoms with E-state index in [1.807, 2.05) is 17.0 Å². The van der Waals surface area contributed by atoms with E-state index in [1.54, 1.807) is 6.07 Å². The second-order valence-electron chi connectivity index (χ2n) is 2.54. The number of ether oxygens (including phenoxy) is 1. The molecule has 0 radical (unpaired) electrons. The van der Waals surface area contributed by atoms with Gasteiger partial charge in [0, 0.05) is 5.02 Å². The summed E-state index contributed by atoms with van der Waals surface area (Å²) < 4.78 is 5.34. The first-order chi connectivity index (χ1) is 5.81. The van der Waals surface area contributed by atoms with Crippen LogP contribution >= 0.6 is 23.2 Å². The molecule has 1 aromatic rings. The van der Waals surface area contributed by atoms with Gasteiger partial charge in [0.15, 0.2) is 6.73 Å². The molecule has 0 amide bonds. The van der Waals surface area contributed by atoms with Gasteiger partial charge in [-0.25, -0.2) is 0 Å². The van der Waals surface area contributed by atoms with E-state index < -0.39 is 0 Å². The fraction of sp³-hybridized carbons (Fsp3) is 0.250. The molecule has 64 valence electrons. The maximum absolute atomic E-state index is 5.82. The largest absolute Gasteiger partial charge is 0.471 e. The Labute approximate surface area is 80.6 Å². The molecule has 0 spiro atoms. The number of hydrogen-bond acceptors (Lipinski definition) is 2. The molecule has 2 nitrogen and oxygen atoms in total. The zero-order valence-electron chi connectivity index (χ0n) is 6.26. The van der Waals surface area contributed by atoms with Crippen molar-refractivity contribution in [3.8, 4) is 5.75 Å². The summed E-state index contributed by atoms with van der Waals surface area (Å²) in [5, 5.41) is 0.703. The van der Waals surface area contributed by atoms with Crippen LogP contribution < -0.4 is 9.64 Å². The third kappa shape index (κ3) is 1.21. The van der Waals surface area contributed by atoms with E-state index >= 15 is 0 Å². The van der Waals surface area contributed by atoms with E-state index in [4.69, 9.17) is 27.9 Å². The molecule has 0 fully saturated rings. The summed E-state index contributed by atoms with van der Waals surface area (Å²) in [5.41, 5.74) is 0.970. The van der Waals surface area contributed by atoms with Crippen molar-refractivity contribution in [3.63, 3.8) is 0 Å². The summed E-state index contributed by atoms with van der Waals surface area (Å²) in [5.74, 6) is 0.847. The SMILES string of the molecule is ClCN1COc2ccc(Cl)cc21. The molecule has 12 heavy (non-hydrogen) atoms. The van der Waals surface area contributed by atoms with Crippen molar-refractivity contribution in [1.29, 1.82) is 0 Å². The van der Waals surface area contributed by atoms with Crippen LogP contribution in [0.4, 0.5) is 5.69 Å². The summed E-state index contributed by atoms with van der Waals surface area (Å²) in [6.45, 7) is 0.513. The molecule has 1 aliphatic rings. The van der Waals surface area contributed by atoms with Gasteiger partial charge in [-0.05, 0) is 18.2 Å². The van der Waals surface area contributed by atoms with Crippen LogP contribution in [0.3, 0.4) is 0 Å². The Bertz CT molecular complexity index is 303. The maximum atomic E-state index is 5.82. The van der Waals surface area contributed by atoms with Crippen molar-refractivity contribution in [2.24, 2.45) is 0 Å². The number of rotatable bonds is 1. The van der Waals surface area contributed by atoms with E-state index in [1.165, 1.54) is 0 Å². The second kappa shape index (κ2) is 3.04. The van der Waals surface area contributed by atoms with Gasteiger partial charge in [0.05, 0.1) is 11.7 Å². The molecule has 0 atom stereocenters. The Morgan fingerprint density at radius 2 is 2.33 bits per heavy atom. The average Bonchev–Trinajstić information content (AvgIpc) is 2.46. The summed E-state index contributed by atoms with van der Waals surface area (Å²) >= 11 is 11.5. The normalized spacial score (nSPS) is 14.3. The molecule has 1 aromatic carbocycles. The van der Waals surface area contributed by atoms with E-state index in [-0.39, 0.29) is 0 Å². The van der Waals surface area contributed by atoms with Crippen LogP contribution in [0.25, 0.3) is 0 Å². The lowest BCUT2D eigenvalue weighted by atomic mass is 10.3. The first-order valence-corrected chi connectivity index (χ1v) is 4.46. The fourth-order valence-corrected chi connectivity index (χ4v) is 1.54. The van der Waals surface area contributed by atoms with Crippen molar-refractivity contribution >= 4 is 28.9 Å². The van der Waals surface area contributed by atoms with Gasteiger partial charge in [-0.3, -0.25) is 0 Å². The molecule has 0 unspecified atom stereocenters. The molecule has 4 heteroatoms. The van der Waals surface area contributed by atoms with Gasteiger partial charge in [0.1, 0.15) is 5.75 Å². The van der Waals surface area contributed by atoms with Crippen molar-refractivity contribution < 1.29 is 4.74 Å². The average molecular weight is 204 g/mol. The van der Waals surface area contributed by atoms with Gasteiger partial charge < -0.3 is 9.64 Å². The topological polar surface area (TPSA) is 12.5 Å². The number of alkyl halides is 1. The van der Waals surface area contributed by atoms with Crippen molar-refractivity contribution in [3.05, 3.63) is 23.2 Å². The lowest BCUT2D eigenvalue weighted by Gasteiger charge is -2.10. The highest BCUT2D eigenvalue weighted by Gasteiger charge is 2.19. The van der Waals surface area contributed by atoms with Gasteiger partial charge in [-0.1, -0.05) is 11.6 Å². The number of anilines is 1. The molecular formula is C8H7Cl2NO. The van der Waals surface area contributed by atoms with Crippen molar-refractivity contribution in [2.75, 3.05) is 17.6 Å². The lowest BCUT2D eigenvalue weighted by molar-refractivity contribution is 0.351. The Kier molecular flexibility index (Phi) is 2.03. The predicted octanol–water partition coefficient (Wildman–Crippen LogP) is 2.69. The number of fused-ring (bicyclic) bond motifs is 1. The third-order valence-electron chi connectivity index (χ3n) is 1.78. The first-order valence-electron chi connectivity index (χ1n) is 3.54. The Balaban J connectivity index is 2.42. The van der Waals surface area contributed by atoms with Crippen LogP contribution in [0, 0.1) is 0 Å². The molecule has 1 aliphatic heterocycles. The number of nitrogens with zero attached hydrogens (tertiary/aromatic N) is 1. The molecule has 0 aliphatic carbocycles. The minimum atomic E-state index is 0.424. The van der Waals surface area contributed by atoms with Gasteiger partial charge in [-0.15, -0.1) is 11.6 Å². The van der Waals surface area contributed by atoms with Crippen LogP contribution in [0.2, 0.25) is 5.02 Å². The van der Waals surface area contributed by atoms with Gasteiger partial charge in [0.25, 0.3) is 0 Å². The molecule has 0 bridgehead atoms. The number of halogens is 2. The summed E-state index contributed by atoms with van der Waals surface area (Å²) in [4.78, 5) is 1.91. The lowest BCUT2D eigenvalue weighted by Crippen LogP contribution is -2.19. The molecule has 0 saturated heterocycles. The minimum Gasteiger partial charge on any atom is -0.471 e. The molecule has 0 saturated carbocycles. The Morgan fingerprint density at radius 3 is 3.08 bits per heavy atom. The highest BCUT2D eigenvalue weighted by molar-refractivity contribution is 6.31. The zero-order valence-corrected chi connectivity index (χ0v) is 7.77. The zero-order chi connectivity index (χ0) is 8.55. The van der Waals surface area contributed by atoms with E-state index in [0.717, 1.165) is 11.4 Å². The Hall–Kier alpha value is -0.600. The second-order valence-corrected chi connectivity index (χ2v) is 3.22. The van der Waals surface area contributed by atoms with Crippen LogP contribution in [-0.4, -0.2) is 12.7 Å². The first kappa shape index (κ1) is 8.02. The monoisotopic (exact) mass is 203 g/mol. The summed E-state index contributed by atoms with van der Waals surface area (Å²) in [6, 6.07) is 5.93. The van der Waals surface area contributed by atoms with Crippen molar-refractivity contribution in [1.82, 2.24) is 0 Å². The maximum Gasteiger partial charge on any atom is 0.162 e. The van der Waals surface area contributed by atoms with Gasteiger partial charge in [0.2, 0.25) is 0 Å². The van der Waals surface area contributed by atoms with Crippen LogP contribution in [0.5, 0.6) is 5.75 Å². The highest BCUT2D eigenvalue weighted by Crippen LogP contribution is 2.35. The van der Waals surface area contributed by atoms with E-state index in [9.17, 15) is 0 Å². The van der Waals surface area contributed by atoms with Gasteiger partial charge in [-0.2, -0.15) is 0 Å². The molecule has 1 heterocycles. The quantitative estimate of drug-likeness (QED) is 0.515. The molecular weight excluding hydrogens is 197 g/mol. The highest BCUT2D eigenvalue weighted by atomic mass is 35.5. The predicted molar refractivity (Wildman–Crippen MR) is 50.1 cm³/mol. The van der Waals surface area contributed by atoms with Gasteiger partial charge >= 0.3 is 0 Å². The molecule has 0 aromatic heterocycles. The van der Waals surface area contributed by atoms with Crippen LogP contribution in [-0.2, 0) is 0 Å². The number of benzene rings is 1. The molecule has 0 N–H and O–H groups in total. The number of hydrogen-bond donors (Lipinski definition) is 0. The summed E-state index contributed by atoms with van der Waals surface area (Å²) in [7, 11) is 0. The third-order valence-corrected chi connectivity index (χ3v) is 2.31. The van der Waals surface area contributed by atoms with Crippen molar-refractivity contribution in [2.45, 2.75) is 0 Å².